The minimum Gasteiger partial charge on any atom is -0.345 e. The van der Waals surface area contributed by atoms with Crippen LogP contribution in [0.2, 0.25) is 0 Å². The maximum atomic E-state index is 12.6. The van der Waals surface area contributed by atoms with E-state index in [1.807, 2.05) is 13.8 Å². The topological polar surface area (TPSA) is 46.9 Å². The molecule has 0 saturated heterocycles. The second-order valence-electron chi connectivity index (χ2n) is 5.68. The largest absolute Gasteiger partial charge is 0.416 e. The molecule has 4 nitrogen and oxygen atoms in total. The first-order chi connectivity index (χ1) is 11.1. The number of aromatic nitrogens is 2. The molecule has 0 bridgehead atoms. The molecule has 130 valence electrons. The van der Waals surface area contributed by atoms with Gasteiger partial charge in [-0.15, -0.1) is 0 Å². The van der Waals surface area contributed by atoms with Crippen LogP contribution in [0.15, 0.2) is 24.3 Å². The van der Waals surface area contributed by atoms with Crippen molar-refractivity contribution in [2.24, 2.45) is 0 Å². The summed E-state index contributed by atoms with van der Waals surface area (Å²) >= 11 is 0. The number of nitrogens with one attached hydrogen (secondary N) is 1. The number of aryl methyl sites for hydroxylation is 2. The number of nitrogens with zero attached hydrogens (tertiary/aromatic N) is 2. The fourth-order valence-electron chi connectivity index (χ4n) is 2.65. The Balaban J connectivity index is 2.16. The van der Waals surface area contributed by atoms with Gasteiger partial charge in [0.15, 0.2) is 0 Å². The monoisotopic (exact) mass is 339 g/mol. The van der Waals surface area contributed by atoms with Crippen molar-refractivity contribution in [3.63, 3.8) is 0 Å². The number of halogens is 3. The number of benzene rings is 1. The van der Waals surface area contributed by atoms with Gasteiger partial charge < -0.3 is 5.32 Å². The lowest BCUT2D eigenvalue weighted by atomic mass is 10.0. The summed E-state index contributed by atoms with van der Waals surface area (Å²) < 4.78 is 39.5. The zero-order chi connectivity index (χ0) is 18.1. The average molecular weight is 339 g/mol. The highest BCUT2D eigenvalue weighted by Crippen LogP contribution is 2.30. The fourth-order valence-corrected chi connectivity index (χ4v) is 2.65. The first kappa shape index (κ1) is 18.0. The molecule has 0 aliphatic rings. The van der Waals surface area contributed by atoms with Gasteiger partial charge in [-0.3, -0.25) is 9.48 Å². The highest BCUT2D eigenvalue weighted by Gasteiger charge is 2.30. The van der Waals surface area contributed by atoms with Crippen LogP contribution < -0.4 is 5.32 Å². The third-order valence-corrected chi connectivity index (χ3v) is 3.99. The van der Waals surface area contributed by atoms with Gasteiger partial charge in [-0.1, -0.05) is 12.1 Å². The van der Waals surface area contributed by atoms with Crippen LogP contribution in [0, 0.1) is 13.8 Å². The van der Waals surface area contributed by atoms with Crippen LogP contribution in [-0.4, -0.2) is 15.7 Å². The molecule has 1 atom stereocenters. The number of carbonyl (C=O) groups is 1. The molecule has 0 saturated carbocycles. The average Bonchev–Trinajstić information content (AvgIpc) is 2.80. The summed E-state index contributed by atoms with van der Waals surface area (Å²) in [4.78, 5) is 12.5. The standard InChI is InChI=1S/C17H20F3N3O/c1-5-23-12(4)15(11(3)22-23)16(24)21-10(2)13-6-8-14(9-7-13)17(18,19)20/h6-10H,5H2,1-4H3,(H,21,24). The zero-order valence-corrected chi connectivity index (χ0v) is 14.0. The molecule has 1 aromatic carbocycles. The third kappa shape index (κ3) is 3.60. The fraction of sp³-hybridized carbons (Fsp3) is 0.412. The minimum absolute atomic E-state index is 0.280. The molecular weight excluding hydrogens is 319 g/mol. The smallest absolute Gasteiger partial charge is 0.345 e. The van der Waals surface area contributed by atoms with Crippen LogP contribution in [0.5, 0.6) is 0 Å². The van der Waals surface area contributed by atoms with Crippen LogP contribution in [0.3, 0.4) is 0 Å². The molecule has 2 aromatic rings. The maximum absolute atomic E-state index is 12.6. The van der Waals surface area contributed by atoms with E-state index < -0.39 is 17.8 Å². The van der Waals surface area contributed by atoms with Crippen LogP contribution in [0.4, 0.5) is 13.2 Å². The zero-order valence-electron chi connectivity index (χ0n) is 14.0. The predicted molar refractivity (Wildman–Crippen MR) is 84.7 cm³/mol. The lowest BCUT2D eigenvalue weighted by Crippen LogP contribution is -2.27. The highest BCUT2D eigenvalue weighted by molar-refractivity contribution is 5.96. The van der Waals surface area contributed by atoms with Crippen molar-refractivity contribution in [2.75, 3.05) is 0 Å². The molecule has 0 fully saturated rings. The molecular formula is C17H20F3N3O. The van der Waals surface area contributed by atoms with Gasteiger partial charge >= 0.3 is 6.18 Å². The summed E-state index contributed by atoms with van der Waals surface area (Å²) in [5, 5.41) is 7.12. The van der Waals surface area contributed by atoms with E-state index in [9.17, 15) is 18.0 Å². The highest BCUT2D eigenvalue weighted by atomic mass is 19.4. The van der Waals surface area contributed by atoms with E-state index in [1.165, 1.54) is 12.1 Å². The normalized spacial score (nSPS) is 13.0. The summed E-state index contributed by atoms with van der Waals surface area (Å²) in [5.41, 5.74) is 1.81. The summed E-state index contributed by atoms with van der Waals surface area (Å²) in [6.07, 6.45) is -4.37. The van der Waals surface area contributed by atoms with Gasteiger partial charge in [0.25, 0.3) is 5.91 Å². The lowest BCUT2D eigenvalue weighted by Gasteiger charge is -2.16. The van der Waals surface area contributed by atoms with Crippen LogP contribution in [-0.2, 0) is 12.7 Å². The van der Waals surface area contributed by atoms with E-state index in [-0.39, 0.29) is 5.91 Å². The van der Waals surface area contributed by atoms with Gasteiger partial charge in [0.2, 0.25) is 0 Å². The number of carbonyl (C=O) groups excluding carboxylic acids is 1. The predicted octanol–water partition coefficient (Wildman–Crippen LogP) is 4.03. The summed E-state index contributed by atoms with van der Waals surface area (Å²) in [5.74, 6) is -0.280. The van der Waals surface area contributed by atoms with E-state index >= 15 is 0 Å². The molecule has 1 aromatic heterocycles. The van der Waals surface area contributed by atoms with E-state index in [0.717, 1.165) is 17.8 Å². The van der Waals surface area contributed by atoms with Gasteiger partial charge in [-0.05, 0) is 45.4 Å². The van der Waals surface area contributed by atoms with Gasteiger partial charge in [-0.2, -0.15) is 18.3 Å². The van der Waals surface area contributed by atoms with Gasteiger partial charge in [0, 0.05) is 12.2 Å². The molecule has 1 N–H and O–H groups in total. The molecule has 0 aliphatic carbocycles. The van der Waals surface area contributed by atoms with Crippen molar-refractivity contribution in [3.8, 4) is 0 Å². The quantitative estimate of drug-likeness (QED) is 0.914. The van der Waals surface area contributed by atoms with Crippen LogP contribution >= 0.6 is 0 Å². The van der Waals surface area contributed by atoms with Crippen LogP contribution in [0.25, 0.3) is 0 Å². The van der Waals surface area contributed by atoms with Gasteiger partial charge in [0.05, 0.1) is 22.9 Å². The molecule has 7 heteroatoms. The Kier molecular flexibility index (Phi) is 5.01. The van der Waals surface area contributed by atoms with E-state index in [0.29, 0.717) is 23.4 Å². The first-order valence-corrected chi connectivity index (χ1v) is 7.67. The Morgan fingerprint density at radius 2 is 1.83 bits per heavy atom. The summed E-state index contributed by atoms with van der Waals surface area (Å²) in [6, 6.07) is 4.38. The molecule has 0 spiro atoms. The number of hydrogen-bond acceptors (Lipinski definition) is 2. The van der Waals surface area contributed by atoms with E-state index in [4.69, 9.17) is 0 Å². The number of hydrogen-bond donors (Lipinski definition) is 1. The van der Waals surface area contributed by atoms with Crippen LogP contribution in [0.1, 0.15) is 52.8 Å². The summed E-state index contributed by atoms with van der Waals surface area (Å²) in [7, 11) is 0. The van der Waals surface area contributed by atoms with Crippen molar-refractivity contribution in [3.05, 3.63) is 52.3 Å². The molecule has 2 rings (SSSR count). The van der Waals surface area contributed by atoms with Crippen molar-refractivity contribution in [2.45, 2.75) is 46.5 Å². The van der Waals surface area contributed by atoms with Gasteiger partial charge in [0.1, 0.15) is 0 Å². The Hall–Kier alpha value is -2.31. The van der Waals surface area contributed by atoms with Crippen molar-refractivity contribution in [1.82, 2.24) is 15.1 Å². The van der Waals surface area contributed by atoms with Crippen molar-refractivity contribution >= 4 is 5.91 Å². The first-order valence-electron chi connectivity index (χ1n) is 7.67. The number of alkyl halides is 3. The second kappa shape index (κ2) is 6.67. The van der Waals surface area contributed by atoms with Crippen molar-refractivity contribution < 1.29 is 18.0 Å². The molecule has 24 heavy (non-hydrogen) atoms. The molecule has 0 radical (unpaired) electrons. The number of rotatable bonds is 4. The third-order valence-electron chi connectivity index (χ3n) is 3.99. The summed E-state index contributed by atoms with van der Waals surface area (Å²) in [6.45, 7) is 7.91. The Morgan fingerprint density at radius 3 is 2.29 bits per heavy atom. The minimum atomic E-state index is -4.37. The second-order valence-corrected chi connectivity index (χ2v) is 5.68. The Morgan fingerprint density at radius 1 is 1.25 bits per heavy atom. The van der Waals surface area contributed by atoms with E-state index in [2.05, 4.69) is 10.4 Å². The van der Waals surface area contributed by atoms with Gasteiger partial charge in [-0.25, -0.2) is 0 Å². The molecule has 0 aliphatic heterocycles. The molecule has 1 heterocycles. The Bertz CT molecular complexity index is 733. The lowest BCUT2D eigenvalue weighted by molar-refractivity contribution is -0.137. The Labute approximate surface area is 138 Å². The van der Waals surface area contributed by atoms with Crippen molar-refractivity contribution in [1.29, 1.82) is 0 Å². The SMILES string of the molecule is CCn1nc(C)c(C(=O)NC(C)c2ccc(C(F)(F)F)cc2)c1C. The number of amides is 1. The maximum Gasteiger partial charge on any atom is 0.416 e. The van der Waals surface area contributed by atoms with E-state index in [1.54, 1.807) is 18.5 Å². The molecule has 1 amide bonds. The molecule has 1 unspecified atom stereocenters.